The summed E-state index contributed by atoms with van der Waals surface area (Å²) in [5.74, 6) is -0.118. The number of rotatable bonds is 8. The van der Waals surface area contributed by atoms with Crippen LogP contribution < -0.4 is 10.2 Å². The number of hydrogen-bond donors (Lipinski definition) is 1. The Labute approximate surface area is 164 Å². The van der Waals surface area contributed by atoms with Crippen LogP contribution in [0.3, 0.4) is 0 Å². The number of carbonyl (C=O) groups excluding carboxylic acids is 2. The summed E-state index contributed by atoms with van der Waals surface area (Å²) >= 11 is 0. The number of hydrogen-bond acceptors (Lipinski definition) is 6. The number of carbonyl (C=O) groups is 2. The fraction of sp³-hybridized carbons (Fsp3) is 0.650. The second kappa shape index (κ2) is 7.33. The number of aromatic nitrogens is 1. The Morgan fingerprint density at radius 2 is 2.21 bits per heavy atom. The zero-order valence-corrected chi connectivity index (χ0v) is 16.7. The summed E-state index contributed by atoms with van der Waals surface area (Å²) in [6.45, 7) is 9.97. The molecule has 8 nitrogen and oxygen atoms in total. The summed E-state index contributed by atoms with van der Waals surface area (Å²) in [5, 5.41) is 6.98. The van der Waals surface area contributed by atoms with Crippen molar-refractivity contribution in [1.29, 1.82) is 0 Å². The molecule has 152 valence electrons. The number of amides is 2. The first-order valence-corrected chi connectivity index (χ1v) is 10.1. The highest BCUT2D eigenvalue weighted by atomic mass is 16.5. The van der Waals surface area contributed by atoms with Crippen LogP contribution in [-0.4, -0.2) is 66.3 Å². The normalized spacial score (nSPS) is 30.5. The van der Waals surface area contributed by atoms with E-state index >= 15 is 0 Å². The topological polar surface area (TPSA) is 87.9 Å². The summed E-state index contributed by atoms with van der Waals surface area (Å²) in [4.78, 5) is 29.9. The molecule has 4 rings (SSSR count). The average molecular weight is 388 g/mol. The fourth-order valence-electron chi connectivity index (χ4n) is 4.64. The Bertz CT molecular complexity index is 787. The molecule has 1 spiro atoms. The molecule has 8 heteroatoms. The number of fused-ring (bicyclic) bond motifs is 1. The lowest BCUT2D eigenvalue weighted by atomic mass is 9.77. The first-order valence-electron chi connectivity index (χ1n) is 10.1. The Kier molecular flexibility index (Phi) is 5.01. The number of nitrogens with zero attached hydrogens (tertiary/aromatic N) is 3. The standard InChI is InChI=1S/C20H28N4O4/c1-4-23(5-2)10-6-9-21-18(25)16-14-7-8-20(27-14)12-24(19(26)17(16)20)15-11-13(3)28-22-15/h7-8,11,14,16-17H,4-6,9-10,12H2,1-3H3,(H,21,25)/t14-,16+,17+,20-/m0/s1. The Hall–Kier alpha value is -2.19. The van der Waals surface area contributed by atoms with Gasteiger partial charge in [-0.1, -0.05) is 31.2 Å². The molecule has 1 aromatic heterocycles. The molecule has 2 bridgehead atoms. The van der Waals surface area contributed by atoms with Crippen LogP contribution in [0.2, 0.25) is 0 Å². The predicted molar refractivity (Wildman–Crippen MR) is 103 cm³/mol. The molecule has 1 N–H and O–H groups in total. The van der Waals surface area contributed by atoms with Gasteiger partial charge in [0.15, 0.2) is 5.82 Å². The zero-order chi connectivity index (χ0) is 19.9. The molecule has 0 unspecified atom stereocenters. The van der Waals surface area contributed by atoms with Crippen LogP contribution in [0.1, 0.15) is 26.0 Å². The Morgan fingerprint density at radius 3 is 2.89 bits per heavy atom. The minimum atomic E-state index is -0.738. The van der Waals surface area contributed by atoms with Crippen LogP contribution in [0, 0.1) is 18.8 Å². The fourth-order valence-corrected chi connectivity index (χ4v) is 4.64. The number of anilines is 1. The SMILES string of the molecule is CCN(CC)CCCNC(=O)[C@@H]1[C@@H]2C=C[C@@]3(CN(c4cc(C)on4)C(=O)[C@@H]13)O2. The molecule has 2 amide bonds. The maximum atomic E-state index is 13.1. The van der Waals surface area contributed by atoms with Gasteiger partial charge in [0.2, 0.25) is 11.8 Å². The van der Waals surface area contributed by atoms with Crippen molar-refractivity contribution in [2.45, 2.75) is 38.9 Å². The van der Waals surface area contributed by atoms with Gasteiger partial charge in [0.25, 0.3) is 0 Å². The summed E-state index contributed by atoms with van der Waals surface area (Å²) in [6.07, 6.45) is 4.41. The highest BCUT2D eigenvalue weighted by Crippen LogP contribution is 2.52. The third-order valence-electron chi connectivity index (χ3n) is 6.14. The van der Waals surface area contributed by atoms with E-state index in [2.05, 4.69) is 29.2 Å². The van der Waals surface area contributed by atoms with Gasteiger partial charge in [0.1, 0.15) is 11.4 Å². The molecule has 1 aromatic rings. The van der Waals surface area contributed by atoms with Gasteiger partial charge in [-0.3, -0.25) is 14.5 Å². The van der Waals surface area contributed by atoms with Gasteiger partial charge in [0.05, 0.1) is 24.5 Å². The van der Waals surface area contributed by atoms with Gasteiger partial charge in [0, 0.05) is 12.6 Å². The third kappa shape index (κ3) is 3.04. The van der Waals surface area contributed by atoms with Gasteiger partial charge in [-0.2, -0.15) is 0 Å². The minimum Gasteiger partial charge on any atom is -0.360 e. The predicted octanol–water partition coefficient (Wildman–Crippen LogP) is 1.12. The van der Waals surface area contributed by atoms with E-state index in [1.54, 1.807) is 17.9 Å². The quantitative estimate of drug-likeness (QED) is 0.530. The molecule has 4 atom stereocenters. The van der Waals surface area contributed by atoms with Crippen molar-refractivity contribution >= 4 is 17.6 Å². The highest BCUT2D eigenvalue weighted by molar-refractivity contribution is 6.02. The third-order valence-corrected chi connectivity index (χ3v) is 6.14. The van der Waals surface area contributed by atoms with E-state index in [1.807, 2.05) is 12.2 Å². The van der Waals surface area contributed by atoms with Crippen LogP contribution in [0.4, 0.5) is 5.82 Å². The van der Waals surface area contributed by atoms with E-state index < -0.39 is 17.4 Å². The van der Waals surface area contributed by atoms with Crippen molar-refractivity contribution in [1.82, 2.24) is 15.4 Å². The molecule has 3 aliphatic rings. The largest absolute Gasteiger partial charge is 0.360 e. The number of aryl methyl sites for hydroxylation is 1. The zero-order valence-electron chi connectivity index (χ0n) is 16.7. The van der Waals surface area contributed by atoms with Gasteiger partial charge in [-0.15, -0.1) is 0 Å². The first-order chi connectivity index (χ1) is 13.5. The monoisotopic (exact) mass is 388 g/mol. The molecular formula is C20H28N4O4. The van der Waals surface area contributed by atoms with Crippen LogP contribution in [0.15, 0.2) is 22.7 Å². The molecule has 0 aromatic carbocycles. The second-order valence-corrected chi connectivity index (χ2v) is 7.79. The van der Waals surface area contributed by atoms with Gasteiger partial charge in [-0.05, 0) is 33.0 Å². The molecule has 0 radical (unpaired) electrons. The van der Waals surface area contributed by atoms with Gasteiger partial charge < -0.3 is 19.5 Å². The molecule has 0 aliphatic carbocycles. The maximum absolute atomic E-state index is 13.1. The molecule has 4 heterocycles. The summed E-state index contributed by atoms with van der Waals surface area (Å²) in [6, 6.07) is 1.73. The van der Waals surface area contributed by atoms with E-state index in [0.717, 1.165) is 26.1 Å². The van der Waals surface area contributed by atoms with E-state index in [9.17, 15) is 9.59 Å². The van der Waals surface area contributed by atoms with E-state index in [-0.39, 0.29) is 17.9 Å². The van der Waals surface area contributed by atoms with Gasteiger partial charge >= 0.3 is 0 Å². The molecule has 28 heavy (non-hydrogen) atoms. The van der Waals surface area contributed by atoms with Crippen LogP contribution >= 0.6 is 0 Å². The van der Waals surface area contributed by atoms with Crippen molar-refractivity contribution in [3.05, 3.63) is 24.0 Å². The Balaban J connectivity index is 1.42. The first kappa shape index (κ1) is 19.1. The Morgan fingerprint density at radius 1 is 1.43 bits per heavy atom. The molecule has 3 aliphatic heterocycles. The maximum Gasteiger partial charge on any atom is 0.235 e. The smallest absolute Gasteiger partial charge is 0.235 e. The van der Waals surface area contributed by atoms with Crippen molar-refractivity contribution < 1.29 is 18.8 Å². The van der Waals surface area contributed by atoms with E-state index in [1.165, 1.54) is 0 Å². The van der Waals surface area contributed by atoms with Gasteiger partial charge in [-0.25, -0.2) is 0 Å². The highest BCUT2D eigenvalue weighted by Gasteiger charge is 2.67. The number of ether oxygens (including phenoxy) is 1. The van der Waals surface area contributed by atoms with Crippen molar-refractivity contribution in [2.75, 3.05) is 37.6 Å². The summed E-state index contributed by atoms with van der Waals surface area (Å²) in [5.41, 5.74) is -0.738. The second-order valence-electron chi connectivity index (χ2n) is 7.79. The number of nitrogens with one attached hydrogen (secondary N) is 1. The molecule has 2 fully saturated rings. The molecular weight excluding hydrogens is 360 g/mol. The lowest BCUT2D eigenvalue weighted by Crippen LogP contribution is -2.44. The lowest BCUT2D eigenvalue weighted by molar-refractivity contribution is -0.131. The van der Waals surface area contributed by atoms with E-state index in [4.69, 9.17) is 9.26 Å². The van der Waals surface area contributed by atoms with Crippen molar-refractivity contribution in [3.8, 4) is 0 Å². The molecule has 2 saturated heterocycles. The summed E-state index contributed by atoms with van der Waals surface area (Å²) in [7, 11) is 0. The summed E-state index contributed by atoms with van der Waals surface area (Å²) < 4.78 is 11.2. The van der Waals surface area contributed by atoms with Crippen LogP contribution in [-0.2, 0) is 14.3 Å². The average Bonchev–Trinajstić information content (AvgIpc) is 3.43. The van der Waals surface area contributed by atoms with Crippen molar-refractivity contribution in [3.63, 3.8) is 0 Å². The van der Waals surface area contributed by atoms with Crippen molar-refractivity contribution in [2.24, 2.45) is 11.8 Å². The minimum absolute atomic E-state index is 0.104. The lowest BCUT2D eigenvalue weighted by Gasteiger charge is -2.23. The van der Waals surface area contributed by atoms with E-state index in [0.29, 0.717) is 24.7 Å². The van der Waals surface area contributed by atoms with Crippen LogP contribution in [0.25, 0.3) is 0 Å². The molecule has 0 saturated carbocycles. The van der Waals surface area contributed by atoms with Crippen LogP contribution in [0.5, 0.6) is 0 Å².